The van der Waals surface area contributed by atoms with E-state index in [0.717, 1.165) is 56.2 Å². The topological polar surface area (TPSA) is 68.8 Å². The number of carbonyl (C=O) groups excluding carboxylic acids is 1. The summed E-state index contributed by atoms with van der Waals surface area (Å²) < 4.78 is 4.19. The van der Waals surface area contributed by atoms with Gasteiger partial charge in [-0.15, -0.1) is 10.2 Å². The van der Waals surface area contributed by atoms with Gasteiger partial charge in [0.1, 0.15) is 11.6 Å². The van der Waals surface area contributed by atoms with Gasteiger partial charge in [0.05, 0.1) is 6.54 Å². The number of hydrogen-bond acceptors (Lipinski definition) is 4. The van der Waals surface area contributed by atoms with Crippen LogP contribution in [-0.4, -0.2) is 48.2 Å². The molecule has 7 heteroatoms. The fraction of sp³-hybridized carbons (Fsp3) is 0.700. The number of imidazole rings is 1. The van der Waals surface area contributed by atoms with Crippen LogP contribution in [0.5, 0.6) is 0 Å². The second kappa shape index (κ2) is 7.82. The van der Waals surface area contributed by atoms with Gasteiger partial charge in [-0.25, -0.2) is 4.98 Å². The minimum atomic E-state index is 0.247. The van der Waals surface area contributed by atoms with Crippen molar-refractivity contribution in [3.05, 3.63) is 29.9 Å². The van der Waals surface area contributed by atoms with Gasteiger partial charge in [0.15, 0.2) is 5.82 Å². The number of likely N-dealkylation sites (tertiary alicyclic amines) is 1. The van der Waals surface area contributed by atoms with Gasteiger partial charge >= 0.3 is 0 Å². The van der Waals surface area contributed by atoms with Crippen molar-refractivity contribution in [1.29, 1.82) is 0 Å². The van der Waals surface area contributed by atoms with Crippen LogP contribution in [0.15, 0.2) is 12.4 Å². The van der Waals surface area contributed by atoms with E-state index in [1.807, 2.05) is 26.4 Å². The van der Waals surface area contributed by atoms with Gasteiger partial charge < -0.3 is 14.0 Å². The lowest BCUT2D eigenvalue weighted by molar-refractivity contribution is -0.137. The maximum atomic E-state index is 12.9. The number of piperidine rings is 1. The first-order valence-electron chi connectivity index (χ1n) is 10.3. The lowest BCUT2D eigenvalue weighted by Gasteiger charge is -2.35. The van der Waals surface area contributed by atoms with E-state index in [2.05, 4.69) is 29.2 Å². The summed E-state index contributed by atoms with van der Waals surface area (Å²) in [5, 5.41) is 8.92. The molecular weight excluding hydrogens is 340 g/mol. The Morgan fingerprint density at radius 3 is 2.70 bits per heavy atom. The number of hydrogen-bond donors (Lipinski definition) is 0. The number of amides is 1. The van der Waals surface area contributed by atoms with Crippen molar-refractivity contribution in [3.8, 4) is 0 Å². The van der Waals surface area contributed by atoms with E-state index in [1.165, 1.54) is 19.3 Å². The average molecular weight is 371 g/mol. The van der Waals surface area contributed by atoms with Crippen molar-refractivity contribution < 1.29 is 4.79 Å². The summed E-state index contributed by atoms with van der Waals surface area (Å²) in [5.41, 5.74) is 0. The predicted octanol–water partition coefficient (Wildman–Crippen LogP) is 2.65. The number of rotatable bonds is 4. The zero-order chi connectivity index (χ0) is 18.8. The van der Waals surface area contributed by atoms with Crippen LogP contribution in [0.3, 0.4) is 0 Å². The van der Waals surface area contributed by atoms with Crippen LogP contribution >= 0.6 is 0 Å². The molecule has 0 N–H and O–H groups in total. The first-order chi connectivity index (χ1) is 13.1. The van der Waals surface area contributed by atoms with Crippen molar-refractivity contribution in [2.45, 2.75) is 64.3 Å². The molecule has 146 valence electrons. The van der Waals surface area contributed by atoms with Crippen molar-refractivity contribution in [2.24, 2.45) is 13.0 Å². The van der Waals surface area contributed by atoms with Crippen LogP contribution < -0.4 is 0 Å². The molecule has 1 aliphatic carbocycles. The SMILES string of the molecule is Cc1nccn1Cc1nnc([C@H]2CCCN(C(=O)C3CCCCC3)C2)n1C. The number of aromatic nitrogens is 5. The fourth-order valence-corrected chi connectivity index (χ4v) is 4.59. The second-order valence-corrected chi connectivity index (χ2v) is 8.09. The maximum absolute atomic E-state index is 12.9. The third-order valence-electron chi connectivity index (χ3n) is 6.29. The summed E-state index contributed by atoms with van der Waals surface area (Å²) in [6, 6.07) is 0. The second-order valence-electron chi connectivity index (χ2n) is 8.09. The summed E-state index contributed by atoms with van der Waals surface area (Å²) >= 11 is 0. The van der Waals surface area contributed by atoms with E-state index in [-0.39, 0.29) is 11.8 Å². The molecule has 1 saturated carbocycles. The molecule has 0 spiro atoms. The standard InChI is InChI=1S/C20H30N6O/c1-15-21-10-12-25(15)14-18-22-23-19(24(18)2)17-9-6-11-26(13-17)20(27)16-7-4-3-5-8-16/h10,12,16-17H,3-9,11,13-14H2,1-2H3/t17-/m0/s1. The molecule has 4 rings (SSSR count). The van der Waals surface area contributed by atoms with Crippen molar-refractivity contribution in [3.63, 3.8) is 0 Å². The largest absolute Gasteiger partial charge is 0.342 e. The molecule has 2 aromatic rings. The highest BCUT2D eigenvalue weighted by Crippen LogP contribution is 2.30. The van der Waals surface area contributed by atoms with Gasteiger partial charge in [0.25, 0.3) is 0 Å². The summed E-state index contributed by atoms with van der Waals surface area (Å²) in [4.78, 5) is 19.3. The van der Waals surface area contributed by atoms with Gasteiger partial charge in [0.2, 0.25) is 5.91 Å². The highest BCUT2D eigenvalue weighted by atomic mass is 16.2. The number of aryl methyl sites for hydroxylation is 1. The molecule has 3 heterocycles. The number of nitrogens with zero attached hydrogens (tertiary/aromatic N) is 6. The van der Waals surface area contributed by atoms with Gasteiger partial charge in [-0.1, -0.05) is 19.3 Å². The third kappa shape index (κ3) is 3.77. The summed E-state index contributed by atoms with van der Waals surface area (Å²) in [6.45, 7) is 4.34. The highest BCUT2D eigenvalue weighted by Gasteiger charge is 2.32. The van der Waals surface area contributed by atoms with Crippen LogP contribution in [-0.2, 0) is 18.4 Å². The van der Waals surface area contributed by atoms with Crippen LogP contribution in [0.2, 0.25) is 0 Å². The van der Waals surface area contributed by atoms with Gasteiger partial charge in [0, 0.05) is 44.4 Å². The quantitative estimate of drug-likeness (QED) is 0.830. The van der Waals surface area contributed by atoms with E-state index >= 15 is 0 Å². The Hall–Kier alpha value is -2.18. The van der Waals surface area contributed by atoms with Crippen LogP contribution in [0.4, 0.5) is 0 Å². The lowest BCUT2D eigenvalue weighted by atomic mass is 9.87. The molecule has 0 bridgehead atoms. The molecule has 0 aromatic carbocycles. The molecule has 2 fully saturated rings. The van der Waals surface area contributed by atoms with Gasteiger partial charge in [-0.05, 0) is 32.6 Å². The van der Waals surface area contributed by atoms with E-state index in [4.69, 9.17) is 0 Å². The van der Waals surface area contributed by atoms with E-state index in [0.29, 0.717) is 12.5 Å². The smallest absolute Gasteiger partial charge is 0.225 e. The van der Waals surface area contributed by atoms with E-state index < -0.39 is 0 Å². The molecular formula is C20H30N6O. The molecule has 1 aliphatic heterocycles. The Balaban J connectivity index is 1.45. The summed E-state index contributed by atoms with van der Waals surface area (Å²) in [6.07, 6.45) is 11.7. The predicted molar refractivity (Wildman–Crippen MR) is 102 cm³/mol. The minimum Gasteiger partial charge on any atom is -0.342 e. The third-order valence-corrected chi connectivity index (χ3v) is 6.29. The van der Waals surface area contributed by atoms with E-state index in [1.54, 1.807) is 0 Å². The molecule has 0 radical (unpaired) electrons. The zero-order valence-electron chi connectivity index (χ0n) is 16.5. The molecule has 1 atom stereocenters. The van der Waals surface area contributed by atoms with E-state index in [9.17, 15) is 4.79 Å². The molecule has 2 aliphatic rings. The first-order valence-corrected chi connectivity index (χ1v) is 10.3. The van der Waals surface area contributed by atoms with Crippen molar-refractivity contribution in [1.82, 2.24) is 29.2 Å². The van der Waals surface area contributed by atoms with Crippen molar-refractivity contribution >= 4 is 5.91 Å². The van der Waals surface area contributed by atoms with Crippen molar-refractivity contribution in [2.75, 3.05) is 13.1 Å². The summed E-state index contributed by atoms with van der Waals surface area (Å²) in [7, 11) is 2.04. The van der Waals surface area contributed by atoms with Crippen LogP contribution in [0, 0.1) is 12.8 Å². The fourth-order valence-electron chi connectivity index (χ4n) is 4.59. The minimum absolute atomic E-state index is 0.247. The zero-order valence-corrected chi connectivity index (χ0v) is 16.5. The Morgan fingerprint density at radius 1 is 1.15 bits per heavy atom. The molecule has 27 heavy (non-hydrogen) atoms. The molecule has 1 amide bonds. The maximum Gasteiger partial charge on any atom is 0.225 e. The molecule has 7 nitrogen and oxygen atoms in total. The van der Waals surface area contributed by atoms with Gasteiger partial charge in [-0.2, -0.15) is 0 Å². The highest BCUT2D eigenvalue weighted by molar-refractivity contribution is 5.79. The normalized spacial score (nSPS) is 21.6. The van der Waals surface area contributed by atoms with Crippen LogP contribution in [0.25, 0.3) is 0 Å². The Kier molecular flexibility index (Phi) is 5.27. The van der Waals surface area contributed by atoms with Crippen LogP contribution in [0.1, 0.15) is 68.3 Å². The lowest BCUT2D eigenvalue weighted by Crippen LogP contribution is -2.43. The molecule has 2 aromatic heterocycles. The summed E-state index contributed by atoms with van der Waals surface area (Å²) in [5.74, 6) is 3.81. The average Bonchev–Trinajstić information content (AvgIpc) is 3.28. The first kappa shape index (κ1) is 18.2. The van der Waals surface area contributed by atoms with Gasteiger partial charge in [-0.3, -0.25) is 4.79 Å². The molecule has 0 unspecified atom stereocenters. The Morgan fingerprint density at radius 2 is 1.96 bits per heavy atom. The Bertz CT molecular complexity index is 788. The molecule has 1 saturated heterocycles. The number of carbonyl (C=O) groups is 1. The Labute approximate surface area is 160 Å². The monoisotopic (exact) mass is 370 g/mol.